The van der Waals surface area contributed by atoms with E-state index in [1.165, 1.54) is 0 Å². The fraction of sp³-hybridized carbons (Fsp3) is 0.800. The summed E-state index contributed by atoms with van der Waals surface area (Å²) in [6.45, 7) is 0.663. The van der Waals surface area contributed by atoms with Gasteiger partial charge in [0, 0.05) is 13.2 Å². The van der Waals surface area contributed by atoms with Crippen molar-refractivity contribution < 1.29 is 19.8 Å². The van der Waals surface area contributed by atoms with E-state index in [-0.39, 0.29) is 0 Å². The zero-order valence-electron chi connectivity index (χ0n) is 9.11. The minimum atomic E-state index is 0.331. The predicted octanol–water partition coefficient (Wildman–Crippen LogP) is 0.579. The number of aliphatic hydroxyl groups is 2. The number of isocyanates is 2. The van der Waals surface area contributed by atoms with Gasteiger partial charge >= 0.3 is 0 Å². The highest BCUT2D eigenvalue weighted by Crippen LogP contribution is 2.27. The van der Waals surface area contributed by atoms with Crippen LogP contribution in [0.25, 0.3) is 0 Å². The van der Waals surface area contributed by atoms with Crippen molar-refractivity contribution in [2.45, 2.75) is 25.7 Å². The van der Waals surface area contributed by atoms with Crippen LogP contribution in [0.2, 0.25) is 0 Å². The van der Waals surface area contributed by atoms with Crippen LogP contribution in [-0.4, -0.2) is 35.6 Å². The number of carbonyl (C=O) groups excluding carboxylic acids is 2. The van der Waals surface area contributed by atoms with Crippen LogP contribution in [0.1, 0.15) is 25.7 Å². The van der Waals surface area contributed by atoms with Gasteiger partial charge in [0.05, 0.1) is 0 Å². The lowest BCUT2D eigenvalue weighted by molar-refractivity contribution is 0.131. The zero-order valence-corrected chi connectivity index (χ0v) is 9.11. The molecule has 0 bridgehead atoms. The molecule has 0 aromatic carbocycles. The molecule has 1 saturated carbocycles. The lowest BCUT2D eigenvalue weighted by atomic mass is 9.83. The fourth-order valence-corrected chi connectivity index (χ4v) is 1.60. The zero-order chi connectivity index (χ0) is 12.8. The summed E-state index contributed by atoms with van der Waals surface area (Å²) in [7, 11) is 0. The molecule has 0 heterocycles. The maximum Gasteiger partial charge on any atom is 0.231 e. The number of rotatable bonds is 2. The minimum Gasteiger partial charge on any atom is -0.396 e. The summed E-state index contributed by atoms with van der Waals surface area (Å²) in [5.74, 6) is 1.03. The first-order chi connectivity index (χ1) is 7.69. The second-order valence-corrected chi connectivity index (χ2v) is 3.46. The van der Waals surface area contributed by atoms with Crippen LogP contribution in [0.4, 0.5) is 0 Å². The summed E-state index contributed by atoms with van der Waals surface area (Å²) in [6.07, 6.45) is 5.90. The quantitative estimate of drug-likeness (QED) is 0.409. The first-order valence-electron chi connectivity index (χ1n) is 4.99. The van der Waals surface area contributed by atoms with Crippen LogP contribution in [-0.2, 0) is 9.59 Å². The van der Waals surface area contributed by atoms with Gasteiger partial charge in [-0.1, -0.05) is 0 Å². The summed E-state index contributed by atoms with van der Waals surface area (Å²) in [5, 5.41) is 28.4. The second-order valence-electron chi connectivity index (χ2n) is 3.46. The van der Waals surface area contributed by atoms with Crippen molar-refractivity contribution in [3.8, 4) is 0 Å². The summed E-state index contributed by atoms with van der Waals surface area (Å²) in [5.41, 5.74) is 0. The Morgan fingerprint density at radius 3 is 1.19 bits per heavy atom. The molecule has 0 aromatic rings. The largest absolute Gasteiger partial charge is 0.396 e. The molecule has 0 atom stereocenters. The topological polar surface area (TPSA) is 122 Å². The van der Waals surface area contributed by atoms with Gasteiger partial charge in [0.25, 0.3) is 0 Å². The van der Waals surface area contributed by atoms with E-state index in [1.54, 1.807) is 0 Å². The minimum absolute atomic E-state index is 0.331. The van der Waals surface area contributed by atoms with Crippen molar-refractivity contribution in [2.75, 3.05) is 13.2 Å². The lowest BCUT2D eigenvalue weighted by Crippen LogP contribution is -2.19. The molecule has 0 amide bonds. The molecular weight excluding hydrogens is 212 g/mol. The van der Waals surface area contributed by atoms with Gasteiger partial charge in [0.1, 0.15) is 0 Å². The molecule has 1 aliphatic rings. The third-order valence-corrected chi connectivity index (χ3v) is 2.48. The average molecular weight is 230 g/mol. The highest BCUT2D eigenvalue weighted by atomic mass is 16.3. The van der Waals surface area contributed by atoms with Gasteiger partial charge in [-0.25, -0.2) is 20.4 Å². The molecule has 16 heavy (non-hydrogen) atoms. The first kappa shape index (κ1) is 17.1. The van der Waals surface area contributed by atoms with E-state index in [1.807, 2.05) is 0 Å². The molecular formula is C10H18N2O4. The van der Waals surface area contributed by atoms with Gasteiger partial charge in [-0.2, -0.15) is 0 Å². The highest BCUT2D eigenvalue weighted by molar-refractivity contribution is 5.26. The molecule has 92 valence electrons. The van der Waals surface area contributed by atoms with E-state index >= 15 is 0 Å². The molecule has 6 heteroatoms. The van der Waals surface area contributed by atoms with Gasteiger partial charge in [-0.05, 0) is 37.5 Å². The highest BCUT2D eigenvalue weighted by Gasteiger charge is 2.19. The van der Waals surface area contributed by atoms with Crippen molar-refractivity contribution >= 4 is 12.2 Å². The number of hydrogen-bond acceptors (Lipinski definition) is 6. The second kappa shape index (κ2) is 13.7. The first-order valence-corrected chi connectivity index (χ1v) is 4.99. The normalized spacial score (nSPS) is 22.4. The Balaban J connectivity index is 0. The van der Waals surface area contributed by atoms with Gasteiger partial charge in [-0.15, -0.1) is 0 Å². The van der Waals surface area contributed by atoms with E-state index in [0.29, 0.717) is 25.0 Å². The summed E-state index contributed by atoms with van der Waals surface area (Å²) in [4.78, 5) is 16.7. The van der Waals surface area contributed by atoms with Crippen LogP contribution >= 0.6 is 0 Å². The Hall–Kier alpha value is -1.32. The summed E-state index contributed by atoms with van der Waals surface area (Å²) in [6, 6.07) is 0. The Labute approximate surface area is 94.3 Å². The molecule has 6 nitrogen and oxygen atoms in total. The van der Waals surface area contributed by atoms with Crippen molar-refractivity contribution in [3.63, 3.8) is 0 Å². The van der Waals surface area contributed by atoms with Crippen LogP contribution in [0.3, 0.4) is 0 Å². The van der Waals surface area contributed by atoms with Gasteiger partial charge < -0.3 is 10.2 Å². The Kier molecular flexibility index (Phi) is 14.6. The van der Waals surface area contributed by atoms with Crippen LogP contribution in [0, 0.1) is 22.7 Å². The molecule has 0 spiro atoms. The third kappa shape index (κ3) is 10.8. The summed E-state index contributed by atoms with van der Waals surface area (Å²) >= 11 is 0. The van der Waals surface area contributed by atoms with Gasteiger partial charge in [0.2, 0.25) is 12.2 Å². The molecule has 0 radical (unpaired) electrons. The Bertz CT molecular complexity index is 189. The van der Waals surface area contributed by atoms with Crippen molar-refractivity contribution in [2.24, 2.45) is 11.8 Å². The molecule has 1 fully saturated rings. The Morgan fingerprint density at radius 2 is 1.06 bits per heavy atom. The maximum absolute atomic E-state index is 8.79. The standard InChI is InChI=1S/C8H16O2.2CHNO/c9-5-7-1-2-8(6-10)4-3-7;2*2-1-3/h7-10H,1-6H2;2*2H. The van der Waals surface area contributed by atoms with Crippen molar-refractivity contribution in [1.82, 2.24) is 0 Å². The van der Waals surface area contributed by atoms with E-state index in [0.717, 1.165) is 37.8 Å². The monoisotopic (exact) mass is 230 g/mol. The smallest absolute Gasteiger partial charge is 0.231 e. The van der Waals surface area contributed by atoms with Crippen molar-refractivity contribution in [1.29, 1.82) is 10.8 Å². The fourth-order valence-electron chi connectivity index (χ4n) is 1.60. The molecule has 0 aliphatic heterocycles. The predicted molar refractivity (Wildman–Crippen MR) is 56.4 cm³/mol. The van der Waals surface area contributed by atoms with E-state index in [4.69, 9.17) is 30.6 Å². The molecule has 0 saturated heterocycles. The van der Waals surface area contributed by atoms with E-state index in [9.17, 15) is 0 Å². The average Bonchev–Trinajstić information content (AvgIpc) is 2.31. The molecule has 4 N–H and O–H groups in total. The lowest BCUT2D eigenvalue weighted by Gasteiger charge is -2.25. The number of aliphatic hydroxyl groups excluding tert-OH is 2. The number of hydrogen-bond donors (Lipinski definition) is 4. The van der Waals surface area contributed by atoms with E-state index in [2.05, 4.69) is 0 Å². The van der Waals surface area contributed by atoms with Crippen LogP contribution < -0.4 is 0 Å². The van der Waals surface area contributed by atoms with Crippen LogP contribution in [0.5, 0.6) is 0 Å². The summed E-state index contributed by atoms with van der Waals surface area (Å²) < 4.78 is 0. The number of nitrogens with one attached hydrogen (secondary N) is 2. The molecule has 1 rings (SSSR count). The van der Waals surface area contributed by atoms with Gasteiger partial charge in [0.15, 0.2) is 0 Å². The van der Waals surface area contributed by atoms with Gasteiger partial charge in [-0.3, -0.25) is 0 Å². The molecule has 0 aromatic heterocycles. The molecule has 0 unspecified atom stereocenters. The van der Waals surface area contributed by atoms with E-state index < -0.39 is 0 Å². The third-order valence-electron chi connectivity index (χ3n) is 2.48. The van der Waals surface area contributed by atoms with Crippen LogP contribution in [0.15, 0.2) is 0 Å². The van der Waals surface area contributed by atoms with Crippen molar-refractivity contribution in [3.05, 3.63) is 0 Å². The SMILES string of the molecule is N=C=O.N=C=O.OCC1CCC(CO)CC1. The maximum atomic E-state index is 8.79. The Morgan fingerprint density at radius 1 is 0.875 bits per heavy atom. The molecule has 1 aliphatic carbocycles.